The number of hydrogen-bond acceptors (Lipinski definition) is 1. The molecule has 0 bridgehead atoms. The topological polar surface area (TPSA) is 3.24 Å². The van der Waals surface area contributed by atoms with Gasteiger partial charge in [-0.25, -0.2) is 0 Å². The molecule has 3 aliphatic rings. The first-order valence-electron chi connectivity index (χ1n) is 25.1. The van der Waals surface area contributed by atoms with Gasteiger partial charge in [0.25, 0.3) is 0 Å². The summed E-state index contributed by atoms with van der Waals surface area (Å²) < 4.78 is 0. The Bertz CT molecular complexity index is 3970. The van der Waals surface area contributed by atoms with Crippen molar-refractivity contribution in [3.63, 3.8) is 0 Å². The molecule has 0 unspecified atom stereocenters. The number of allylic oxidation sites excluding steroid dienone is 5. The molecule has 0 aliphatic heterocycles. The fraction of sp³-hybridized carbons (Fsp3) is 0.0423. The van der Waals surface area contributed by atoms with Crippen molar-refractivity contribution in [2.24, 2.45) is 0 Å². The van der Waals surface area contributed by atoms with E-state index in [1.54, 1.807) is 0 Å². The van der Waals surface area contributed by atoms with Crippen molar-refractivity contribution >= 4 is 44.2 Å². The van der Waals surface area contributed by atoms with E-state index in [1.807, 2.05) is 0 Å². The van der Waals surface area contributed by atoms with Crippen LogP contribution in [0.25, 0.3) is 60.5 Å². The lowest BCUT2D eigenvalue weighted by Crippen LogP contribution is -2.28. The van der Waals surface area contributed by atoms with Gasteiger partial charge in [0.05, 0.1) is 10.8 Å². The third-order valence-corrected chi connectivity index (χ3v) is 16.0. The number of hydrogen-bond donors (Lipinski definition) is 0. The second-order valence-corrected chi connectivity index (χ2v) is 19.5. The van der Waals surface area contributed by atoms with Crippen molar-refractivity contribution < 1.29 is 0 Å². The van der Waals surface area contributed by atoms with Crippen LogP contribution < -0.4 is 4.90 Å². The molecule has 0 atom stereocenters. The van der Waals surface area contributed by atoms with E-state index >= 15 is 0 Å². The molecule has 1 nitrogen and oxygen atoms in total. The smallest absolute Gasteiger partial charge is 0.0726 e. The van der Waals surface area contributed by atoms with Gasteiger partial charge in [0.15, 0.2) is 0 Å². The number of anilines is 3. The molecule has 0 saturated carbocycles. The number of benzene rings is 11. The van der Waals surface area contributed by atoms with Gasteiger partial charge in [-0.15, -0.1) is 0 Å². The molecule has 0 N–H and O–H groups in total. The van der Waals surface area contributed by atoms with Gasteiger partial charge in [-0.05, 0) is 160 Å². The van der Waals surface area contributed by atoms with Crippen LogP contribution >= 0.6 is 0 Å². The van der Waals surface area contributed by atoms with Crippen LogP contribution in [0.4, 0.5) is 17.1 Å². The van der Waals surface area contributed by atoms with Crippen molar-refractivity contribution in [3.8, 4) is 33.4 Å². The summed E-state index contributed by atoms with van der Waals surface area (Å²) in [7, 11) is 0. The maximum Gasteiger partial charge on any atom is 0.0726 e. The molecule has 0 fully saturated rings. The van der Waals surface area contributed by atoms with E-state index in [4.69, 9.17) is 0 Å². The van der Waals surface area contributed by atoms with Gasteiger partial charge >= 0.3 is 0 Å². The Morgan fingerprint density at radius 3 is 1.51 bits per heavy atom. The van der Waals surface area contributed by atoms with E-state index in [2.05, 4.69) is 285 Å². The molecule has 0 aromatic heterocycles. The number of nitrogens with zero attached hydrogens (tertiary/aromatic N) is 1. The molecule has 0 radical (unpaired) electrons. The second kappa shape index (κ2) is 16.3. The quantitative estimate of drug-likeness (QED) is 0.137. The van der Waals surface area contributed by atoms with E-state index in [0.717, 1.165) is 17.1 Å². The zero-order valence-corrected chi connectivity index (χ0v) is 40.1. The fourth-order valence-corrected chi connectivity index (χ4v) is 13.1. The molecule has 0 saturated heterocycles. The van der Waals surface area contributed by atoms with E-state index in [-0.39, 0.29) is 0 Å². The normalized spacial score (nSPS) is 14.3. The van der Waals surface area contributed by atoms with Crippen LogP contribution in [-0.4, -0.2) is 0 Å². The Balaban J connectivity index is 0.999. The van der Waals surface area contributed by atoms with E-state index in [1.165, 1.54) is 111 Å². The zero-order valence-electron chi connectivity index (χ0n) is 40.1. The SMILES string of the molecule is C=CC1=C(/C=C\C)C2(c3cc(N(c4ccc(-c5ccc6ccc7ccccc7c6c5)cc4)c4ccc5c(c4)-c4ccccc4C5(c4ccccc4)c4ccccc4)ccc31)c1ccccc1-c1ccccc12. The summed E-state index contributed by atoms with van der Waals surface area (Å²) in [5.74, 6) is 0. The zero-order chi connectivity index (χ0) is 48.0. The minimum atomic E-state index is -0.536. The second-order valence-electron chi connectivity index (χ2n) is 19.5. The standard InChI is InChI=1S/C71H49N/c1-3-19-64-56(4-2)61-42-40-55(46-69(61)71(64)66-30-17-13-26-58(66)59-27-14-18-31-67(59)71)72(53-38-36-47(37-39-53)50-35-34-49-33-32-48-20-11-12-25-57(48)62(49)44-50)54-41-43-68-63(45-54)60-28-15-16-29-65(60)70(68,51-21-7-5-8-22-51)52-23-9-6-10-24-52/h3-46H,2H2,1H3/b19-3-. The average molecular weight is 916 g/mol. The molecule has 11 aromatic rings. The predicted molar refractivity (Wildman–Crippen MR) is 303 cm³/mol. The molecule has 14 rings (SSSR count). The van der Waals surface area contributed by atoms with Crippen molar-refractivity contribution in [2.75, 3.05) is 4.90 Å². The molecule has 0 heterocycles. The Hall–Kier alpha value is -9.04. The highest BCUT2D eigenvalue weighted by molar-refractivity contribution is 6.09. The van der Waals surface area contributed by atoms with Crippen LogP contribution in [0, 0.1) is 0 Å². The van der Waals surface area contributed by atoms with E-state index in [0.29, 0.717) is 0 Å². The molecule has 3 aliphatic carbocycles. The molecular formula is C71H49N. The molecule has 1 spiro atoms. The van der Waals surface area contributed by atoms with Crippen molar-refractivity contribution in [2.45, 2.75) is 17.8 Å². The highest BCUT2D eigenvalue weighted by Gasteiger charge is 2.52. The molecule has 72 heavy (non-hydrogen) atoms. The number of fused-ring (bicyclic) bond motifs is 13. The van der Waals surface area contributed by atoms with Crippen molar-refractivity contribution in [3.05, 3.63) is 324 Å². The van der Waals surface area contributed by atoms with Crippen molar-refractivity contribution in [1.29, 1.82) is 0 Å². The van der Waals surface area contributed by atoms with Gasteiger partial charge in [0.2, 0.25) is 0 Å². The summed E-state index contributed by atoms with van der Waals surface area (Å²) in [5, 5.41) is 5.04. The number of rotatable bonds is 8. The Morgan fingerprint density at radius 2 is 0.861 bits per heavy atom. The largest absolute Gasteiger partial charge is 0.310 e. The third-order valence-electron chi connectivity index (χ3n) is 16.0. The summed E-state index contributed by atoms with van der Waals surface area (Å²) in [6.45, 7) is 6.59. The van der Waals surface area contributed by atoms with Gasteiger partial charge < -0.3 is 4.90 Å². The lowest BCUT2D eigenvalue weighted by Gasteiger charge is -2.34. The molecule has 1 heteroatoms. The van der Waals surface area contributed by atoms with Gasteiger partial charge in [-0.1, -0.05) is 231 Å². The highest BCUT2D eigenvalue weighted by Crippen LogP contribution is 2.63. The van der Waals surface area contributed by atoms with Crippen LogP contribution in [0.5, 0.6) is 0 Å². The Morgan fingerprint density at radius 1 is 0.361 bits per heavy atom. The Kier molecular flexibility index (Phi) is 9.47. The first kappa shape index (κ1) is 41.9. The van der Waals surface area contributed by atoms with Gasteiger partial charge in [0.1, 0.15) is 0 Å². The summed E-state index contributed by atoms with van der Waals surface area (Å²) in [6, 6.07) is 92.8. The average Bonchev–Trinajstić information content (AvgIpc) is 4.03. The maximum atomic E-state index is 4.46. The third kappa shape index (κ3) is 5.83. The van der Waals surface area contributed by atoms with Gasteiger partial charge in [-0.2, -0.15) is 0 Å². The first-order chi connectivity index (χ1) is 35.6. The molecular weight excluding hydrogens is 867 g/mol. The summed E-state index contributed by atoms with van der Waals surface area (Å²) >= 11 is 0. The summed E-state index contributed by atoms with van der Waals surface area (Å²) in [6.07, 6.45) is 6.59. The van der Waals surface area contributed by atoms with Crippen LogP contribution in [0.2, 0.25) is 0 Å². The predicted octanol–water partition coefficient (Wildman–Crippen LogP) is 18.3. The molecule has 338 valence electrons. The van der Waals surface area contributed by atoms with Crippen LogP contribution in [0.3, 0.4) is 0 Å². The fourth-order valence-electron chi connectivity index (χ4n) is 13.1. The molecule has 11 aromatic carbocycles. The monoisotopic (exact) mass is 915 g/mol. The van der Waals surface area contributed by atoms with Crippen LogP contribution in [0.1, 0.15) is 51.4 Å². The van der Waals surface area contributed by atoms with Crippen molar-refractivity contribution in [1.82, 2.24) is 0 Å². The minimum Gasteiger partial charge on any atom is -0.310 e. The summed E-state index contributed by atoms with van der Waals surface area (Å²) in [4.78, 5) is 2.48. The van der Waals surface area contributed by atoms with Crippen LogP contribution in [-0.2, 0) is 10.8 Å². The Labute approximate surface area is 421 Å². The van der Waals surface area contributed by atoms with Crippen LogP contribution in [0.15, 0.2) is 279 Å². The summed E-state index contributed by atoms with van der Waals surface area (Å²) in [5.41, 5.74) is 22.3. The van der Waals surface area contributed by atoms with Gasteiger partial charge in [0, 0.05) is 17.1 Å². The van der Waals surface area contributed by atoms with E-state index < -0.39 is 10.8 Å². The lowest BCUT2D eigenvalue weighted by atomic mass is 9.68. The van der Waals surface area contributed by atoms with Gasteiger partial charge in [-0.3, -0.25) is 0 Å². The maximum absolute atomic E-state index is 4.46. The lowest BCUT2D eigenvalue weighted by molar-refractivity contribution is 0.768. The minimum absolute atomic E-state index is 0.496. The highest BCUT2D eigenvalue weighted by atomic mass is 15.1. The molecule has 0 amide bonds. The van der Waals surface area contributed by atoms with E-state index in [9.17, 15) is 0 Å². The first-order valence-corrected chi connectivity index (χ1v) is 25.1.